The maximum Gasteiger partial charge on any atom is 0.302 e. The number of sulfone groups is 1. The summed E-state index contributed by atoms with van der Waals surface area (Å²) in [5.41, 5.74) is 5.40. The number of esters is 1. The van der Waals surface area contributed by atoms with Crippen molar-refractivity contribution in [3.63, 3.8) is 0 Å². The first-order valence-electron chi connectivity index (χ1n) is 5.57. The van der Waals surface area contributed by atoms with E-state index >= 15 is 0 Å². The van der Waals surface area contributed by atoms with Crippen LogP contribution in [0.2, 0.25) is 0 Å². The second-order valence-corrected chi connectivity index (χ2v) is 5.76. The van der Waals surface area contributed by atoms with E-state index in [0.717, 1.165) is 5.56 Å². The van der Waals surface area contributed by atoms with Crippen LogP contribution >= 0.6 is 0 Å². The molecule has 0 heterocycles. The summed E-state index contributed by atoms with van der Waals surface area (Å²) in [7, 11) is -3.35. The molecule has 110 valence electrons. The van der Waals surface area contributed by atoms with Crippen molar-refractivity contribution >= 4 is 15.8 Å². The van der Waals surface area contributed by atoms with E-state index in [9.17, 15) is 13.2 Å². The highest BCUT2D eigenvalue weighted by atomic mass is 32.2. The molecule has 0 aromatic heterocycles. The third kappa shape index (κ3) is 7.55. The first kappa shape index (κ1) is 17.6. The lowest BCUT2D eigenvalue weighted by Gasteiger charge is -2.04. The van der Waals surface area contributed by atoms with E-state index in [1.165, 1.54) is 6.92 Å². The summed E-state index contributed by atoms with van der Waals surface area (Å²) in [6.45, 7) is 2.78. The molecule has 7 heteroatoms. The van der Waals surface area contributed by atoms with E-state index in [4.69, 9.17) is 5.11 Å². The van der Waals surface area contributed by atoms with Crippen molar-refractivity contribution in [2.75, 3.05) is 19.1 Å². The van der Waals surface area contributed by atoms with Gasteiger partial charge in [-0.05, 0) is 19.1 Å². The summed E-state index contributed by atoms with van der Waals surface area (Å²) >= 11 is 0. The molecule has 0 atom stereocenters. The molecule has 0 saturated carbocycles. The second-order valence-electron chi connectivity index (χ2n) is 3.65. The van der Waals surface area contributed by atoms with Gasteiger partial charge >= 0.3 is 5.97 Å². The van der Waals surface area contributed by atoms with Crippen LogP contribution in [0.15, 0.2) is 29.2 Å². The van der Waals surface area contributed by atoms with Gasteiger partial charge in [0, 0.05) is 8.35 Å². The van der Waals surface area contributed by atoms with Crippen molar-refractivity contribution < 1.29 is 24.5 Å². The van der Waals surface area contributed by atoms with Crippen molar-refractivity contribution in [3.05, 3.63) is 29.8 Å². The highest BCUT2D eigenvalue weighted by Gasteiger charge is 2.14. The predicted octanol–water partition coefficient (Wildman–Crippen LogP) is 0.473. The van der Waals surface area contributed by atoms with Gasteiger partial charge in [-0.15, -0.1) is 0 Å². The Bertz CT molecular complexity index is 487. The lowest BCUT2D eigenvalue weighted by atomic mass is 10.2. The number of aryl methyl sites for hydroxylation is 1. The Hall–Kier alpha value is -1.44. The zero-order valence-corrected chi connectivity index (χ0v) is 11.8. The molecule has 0 aliphatic carbocycles. The molecule has 1 rings (SSSR count). The van der Waals surface area contributed by atoms with Gasteiger partial charge in [-0.3, -0.25) is 4.79 Å². The van der Waals surface area contributed by atoms with Crippen molar-refractivity contribution in [2.45, 2.75) is 18.7 Å². The Labute approximate surface area is 114 Å². The van der Waals surface area contributed by atoms with Crippen LogP contribution in [0.5, 0.6) is 0 Å². The normalized spacial score (nSPS) is 10.3. The monoisotopic (exact) mass is 292 g/mol. The maximum absolute atomic E-state index is 11.7. The molecule has 0 radical (unpaired) electrons. The first-order chi connectivity index (χ1) is 8.83. The molecule has 19 heavy (non-hydrogen) atoms. The summed E-state index contributed by atoms with van der Waals surface area (Å²) in [5.74, 6) is -0.658. The van der Waals surface area contributed by atoms with Gasteiger partial charge in [0.25, 0.3) is 0 Å². The van der Waals surface area contributed by atoms with E-state index in [-0.39, 0.29) is 25.4 Å². The Morgan fingerprint density at radius 1 is 1.37 bits per heavy atom. The average Bonchev–Trinajstić information content (AvgIpc) is 2.29. The number of benzene rings is 1. The smallest absolute Gasteiger partial charge is 0.302 e. The summed E-state index contributed by atoms with van der Waals surface area (Å²) in [5, 5.41) is 7.35. The molecular formula is C12H21NO5S. The van der Waals surface area contributed by atoms with Crippen LogP contribution in [-0.4, -0.2) is 38.6 Å². The number of aliphatic hydroxyl groups excluding tert-OH is 1. The van der Waals surface area contributed by atoms with E-state index < -0.39 is 15.8 Å². The van der Waals surface area contributed by atoms with Gasteiger partial charge in [-0.1, -0.05) is 17.7 Å². The highest BCUT2D eigenvalue weighted by Crippen LogP contribution is 2.11. The Balaban J connectivity index is 0. The third-order valence-electron chi connectivity index (χ3n) is 2.04. The van der Waals surface area contributed by atoms with Crippen molar-refractivity contribution in [1.82, 2.24) is 0 Å². The molecular weight excluding hydrogens is 270 g/mol. The highest BCUT2D eigenvalue weighted by molar-refractivity contribution is 7.91. The summed E-state index contributed by atoms with van der Waals surface area (Å²) in [6, 6.07) is 6.58. The van der Waals surface area contributed by atoms with Gasteiger partial charge < -0.3 is 15.6 Å². The average molecular weight is 292 g/mol. The van der Waals surface area contributed by atoms with Crippen LogP contribution < -0.4 is 5.73 Å². The van der Waals surface area contributed by atoms with Crippen LogP contribution in [0.3, 0.4) is 0 Å². The Morgan fingerprint density at radius 3 is 2.26 bits per heavy atom. The molecule has 6 nitrogen and oxygen atoms in total. The zero-order chi connectivity index (χ0) is 14.9. The minimum absolute atomic E-state index is 0. The first-order valence-corrected chi connectivity index (χ1v) is 7.22. The quantitative estimate of drug-likeness (QED) is 0.617. The van der Waals surface area contributed by atoms with Crippen LogP contribution in [0.4, 0.5) is 0 Å². The molecule has 0 unspecified atom stereocenters. The van der Waals surface area contributed by atoms with Crippen LogP contribution in [-0.2, 0) is 19.4 Å². The fourth-order valence-electron chi connectivity index (χ4n) is 1.16. The van der Waals surface area contributed by atoms with Crippen molar-refractivity contribution in [2.24, 2.45) is 5.73 Å². The van der Waals surface area contributed by atoms with E-state index in [1.807, 2.05) is 6.92 Å². The van der Waals surface area contributed by atoms with Crippen LogP contribution in [0.1, 0.15) is 13.9 Å². The fourth-order valence-corrected chi connectivity index (χ4v) is 2.25. The summed E-state index contributed by atoms with van der Waals surface area (Å²) < 4.78 is 28.1. The van der Waals surface area contributed by atoms with Gasteiger partial charge in [0.05, 0.1) is 17.4 Å². The molecule has 3 N–H and O–H groups in total. The SMILES string of the molecule is CC(=O)OCCS(=O)(=O)c1ccc(C)cc1.NCO.[2HH]. The minimum atomic E-state index is -3.35. The van der Waals surface area contributed by atoms with Crippen molar-refractivity contribution in [1.29, 1.82) is 0 Å². The van der Waals surface area contributed by atoms with Gasteiger partial charge in [0.15, 0.2) is 9.84 Å². The largest absolute Gasteiger partial charge is 0.465 e. The molecule has 1 aromatic rings. The number of nitrogens with two attached hydrogens (primary N) is 1. The number of ether oxygens (including phenoxy) is 1. The van der Waals surface area contributed by atoms with Gasteiger partial charge in [0.1, 0.15) is 6.61 Å². The number of hydrogen-bond donors (Lipinski definition) is 2. The lowest BCUT2D eigenvalue weighted by molar-refractivity contribution is -0.140. The fraction of sp³-hybridized carbons (Fsp3) is 0.417. The van der Waals surface area contributed by atoms with Crippen LogP contribution in [0.25, 0.3) is 0 Å². The van der Waals surface area contributed by atoms with E-state index in [2.05, 4.69) is 10.5 Å². The third-order valence-corrected chi connectivity index (χ3v) is 3.73. The molecule has 0 fully saturated rings. The summed E-state index contributed by atoms with van der Waals surface area (Å²) in [6.07, 6.45) is 0. The van der Waals surface area contributed by atoms with Crippen LogP contribution in [0, 0.1) is 6.92 Å². The van der Waals surface area contributed by atoms with Crippen molar-refractivity contribution in [3.8, 4) is 0 Å². The Morgan fingerprint density at radius 2 is 1.84 bits per heavy atom. The maximum atomic E-state index is 11.7. The molecule has 1 aromatic carbocycles. The number of aliphatic hydroxyl groups is 1. The van der Waals surface area contributed by atoms with Gasteiger partial charge in [0.2, 0.25) is 0 Å². The van der Waals surface area contributed by atoms with E-state index in [0.29, 0.717) is 0 Å². The number of hydrogen-bond acceptors (Lipinski definition) is 6. The Kier molecular flexibility index (Phi) is 7.97. The number of carbonyl (C=O) groups is 1. The molecule has 0 aliphatic heterocycles. The predicted molar refractivity (Wildman–Crippen MR) is 73.3 cm³/mol. The van der Waals surface area contributed by atoms with Gasteiger partial charge in [-0.2, -0.15) is 0 Å². The molecule has 0 aliphatic rings. The lowest BCUT2D eigenvalue weighted by Crippen LogP contribution is -2.14. The standard InChI is InChI=1S/C11H14O4S.CH5NO.H2/c1-9-3-5-11(6-4-9)16(13,14)8-7-15-10(2)12;2-1-3;/h3-6H,7-8H2,1-2H3;3H,1-2H2;1H/i;;1+1. The topological polar surface area (TPSA) is 107 Å². The zero-order valence-electron chi connectivity index (χ0n) is 11.0. The molecule has 0 amide bonds. The molecule has 0 spiro atoms. The van der Waals surface area contributed by atoms with E-state index in [1.54, 1.807) is 24.3 Å². The number of rotatable bonds is 4. The van der Waals surface area contributed by atoms with Gasteiger partial charge in [-0.25, -0.2) is 8.42 Å². The number of carbonyl (C=O) groups excluding carboxylic acids is 1. The summed E-state index contributed by atoms with van der Waals surface area (Å²) in [4.78, 5) is 10.7. The minimum Gasteiger partial charge on any atom is -0.465 e. The second kappa shape index (κ2) is 8.63. The molecule has 0 bridgehead atoms. The molecule has 0 saturated heterocycles.